The zero-order valence-corrected chi connectivity index (χ0v) is 9.78. The fraction of sp³-hybridized carbons (Fsp3) is 0. The molecule has 0 aliphatic rings. The third-order valence-electron chi connectivity index (χ3n) is 0. The van der Waals surface area contributed by atoms with Gasteiger partial charge in [-0.15, -0.1) is 0 Å². The maximum atomic E-state index is 8.55. The van der Waals surface area contributed by atoms with E-state index in [0.29, 0.717) is 0 Å². The minimum atomic E-state index is -5.39. The van der Waals surface area contributed by atoms with Gasteiger partial charge in [0.15, 0.2) is 0 Å². The smallest absolute Gasteiger partial charge is 0.822 e. The minimum Gasteiger partial charge on any atom is -0.822 e. The molecule has 0 bridgehead atoms. The molecule has 0 atom stereocenters. The summed E-state index contributed by atoms with van der Waals surface area (Å²) in [6.45, 7) is 0. The first-order valence-corrected chi connectivity index (χ1v) is 4.38. The zero-order chi connectivity index (χ0) is 9.00. The first kappa shape index (κ1) is 24.1. The molecule has 0 unspecified atom stereocenters. The Hall–Kier alpha value is 2.69. The first-order chi connectivity index (χ1) is 4.00. The summed E-state index contributed by atoms with van der Waals surface area (Å²) in [5.74, 6) is 0. The summed E-state index contributed by atoms with van der Waals surface area (Å²) >= 11 is 0. The van der Waals surface area contributed by atoms with Crippen LogP contribution in [0.2, 0.25) is 0 Å². The van der Waals surface area contributed by atoms with Crippen molar-refractivity contribution in [1.82, 2.24) is 0 Å². The van der Waals surface area contributed by atoms with Crippen molar-refractivity contribution in [3.05, 3.63) is 0 Å². The summed E-state index contributed by atoms with van der Waals surface area (Å²) in [6.07, 6.45) is 0. The summed E-state index contributed by atoms with van der Waals surface area (Å²) in [5.41, 5.74) is 0. The predicted molar refractivity (Wildman–Crippen MR) is 15.2 cm³/mol. The molecule has 0 aliphatic carbocycles. The molecule has 0 aromatic carbocycles. The Morgan fingerprint density at radius 3 is 0.583 bits per heavy atom. The molecule has 0 radical (unpaired) electrons. The van der Waals surface area contributed by atoms with Gasteiger partial charge in [-0.3, -0.25) is 0 Å². The number of phosphoric acid groups is 2. The maximum absolute atomic E-state index is 8.55. The molecule has 0 rings (SSSR count). The topological polar surface area (TPSA) is 172 Å². The average Bonchev–Trinajstić information content (AvgIpc) is 1.12. The Morgan fingerprint density at radius 1 is 0.583 bits per heavy atom. The Labute approximate surface area is 126 Å². The SMILES string of the molecule is O=P([O-])([O-])[O-].O=P([O-])([O-])[O-].[Lu+3].[Lu+3]. The van der Waals surface area contributed by atoms with Crippen molar-refractivity contribution in [1.29, 1.82) is 0 Å². The Kier molecular flexibility index (Phi) is 20.5. The van der Waals surface area contributed by atoms with Crippen LogP contribution in [0.4, 0.5) is 0 Å². The molecule has 0 spiro atoms. The molecule has 0 aromatic rings. The second-order valence-corrected chi connectivity index (χ2v) is 2.68. The van der Waals surface area contributed by atoms with Gasteiger partial charge in [0, 0.05) is 0 Å². The first-order valence-electron chi connectivity index (χ1n) is 1.46. The van der Waals surface area contributed by atoms with E-state index in [4.69, 9.17) is 38.5 Å². The molecule has 0 saturated heterocycles. The Morgan fingerprint density at radius 2 is 0.583 bits per heavy atom. The molecule has 12 heavy (non-hydrogen) atoms. The van der Waals surface area contributed by atoms with Crippen molar-refractivity contribution in [3.63, 3.8) is 0 Å². The molecule has 12 heteroatoms. The van der Waals surface area contributed by atoms with Crippen LogP contribution in [-0.2, 0) is 9.13 Å². The molecule has 0 amide bonds. The van der Waals surface area contributed by atoms with Gasteiger partial charge in [-0.1, -0.05) is 0 Å². The van der Waals surface area contributed by atoms with E-state index in [1.165, 1.54) is 0 Å². The van der Waals surface area contributed by atoms with Gasteiger partial charge in [-0.05, 0) is 0 Å². The van der Waals surface area contributed by atoms with E-state index >= 15 is 0 Å². The van der Waals surface area contributed by atoms with Gasteiger partial charge in [0.1, 0.15) is 0 Å². The van der Waals surface area contributed by atoms with Crippen LogP contribution in [0.25, 0.3) is 0 Å². The van der Waals surface area contributed by atoms with Crippen LogP contribution < -0.4 is 29.4 Å². The summed E-state index contributed by atoms with van der Waals surface area (Å²) in [6, 6.07) is 0. The molecule has 0 heterocycles. The molecule has 0 N–H and O–H groups in total. The molecule has 8 nitrogen and oxygen atoms in total. The van der Waals surface area contributed by atoms with Gasteiger partial charge < -0.3 is 38.5 Å². The fourth-order valence-electron chi connectivity index (χ4n) is 0. The van der Waals surface area contributed by atoms with E-state index in [9.17, 15) is 0 Å². The third-order valence-corrected chi connectivity index (χ3v) is 0. The molecular weight excluding hydrogens is 540 g/mol. The van der Waals surface area contributed by atoms with Crippen LogP contribution in [0.1, 0.15) is 0 Å². The van der Waals surface area contributed by atoms with Crippen molar-refractivity contribution in [2.24, 2.45) is 0 Å². The van der Waals surface area contributed by atoms with Crippen molar-refractivity contribution in [3.8, 4) is 0 Å². The van der Waals surface area contributed by atoms with Gasteiger partial charge in [0.25, 0.3) is 0 Å². The molecule has 88 valence electrons. The fourth-order valence-corrected chi connectivity index (χ4v) is 0. The predicted octanol–water partition coefficient (Wildman–Crippen LogP) is -5.65. The van der Waals surface area contributed by atoms with Crippen LogP contribution in [-0.4, -0.2) is 0 Å². The van der Waals surface area contributed by atoms with Crippen LogP contribution >= 0.6 is 15.6 Å². The van der Waals surface area contributed by atoms with Crippen molar-refractivity contribution >= 4 is 15.6 Å². The summed E-state index contributed by atoms with van der Waals surface area (Å²) in [4.78, 5) is 51.3. The third kappa shape index (κ3) is 240. The van der Waals surface area contributed by atoms with Crippen LogP contribution in [0.3, 0.4) is 0 Å². The monoisotopic (exact) mass is 540 g/mol. The van der Waals surface area contributed by atoms with E-state index in [0.717, 1.165) is 0 Å². The summed E-state index contributed by atoms with van der Waals surface area (Å²) in [7, 11) is -10.8. The Balaban J connectivity index is -0.0000000457. The average molecular weight is 540 g/mol. The standard InChI is InChI=1S/2Lu.2H3O4P/c;;2*1-5(2,3)4/h;;2*(H3,1,2,3,4)/q2*+3;;/p-6. The normalized spacial score (nSPS) is 9.83. The largest absolute Gasteiger partial charge is 3.00 e. The van der Waals surface area contributed by atoms with E-state index < -0.39 is 15.6 Å². The van der Waals surface area contributed by atoms with E-state index in [1.807, 2.05) is 0 Å². The summed E-state index contributed by atoms with van der Waals surface area (Å²) < 4.78 is 17.1. The molecular formula is Lu2O8P2. The van der Waals surface area contributed by atoms with Gasteiger partial charge in [-0.25, -0.2) is 0 Å². The molecule has 0 fully saturated rings. The van der Waals surface area contributed by atoms with Gasteiger partial charge in [0.05, 0.1) is 0 Å². The second kappa shape index (κ2) is 10.2. The van der Waals surface area contributed by atoms with Crippen molar-refractivity contribution < 1.29 is 112 Å². The maximum Gasteiger partial charge on any atom is 3.00 e. The molecule has 0 aromatic heterocycles. The van der Waals surface area contributed by atoms with Crippen molar-refractivity contribution in [2.45, 2.75) is 0 Å². The second-order valence-electron chi connectivity index (χ2n) is 0.894. The van der Waals surface area contributed by atoms with E-state index in [2.05, 4.69) is 0 Å². The summed E-state index contributed by atoms with van der Waals surface area (Å²) in [5, 5.41) is 0. The molecule has 0 saturated carbocycles. The van der Waals surface area contributed by atoms with Gasteiger partial charge >= 0.3 is 73.7 Å². The van der Waals surface area contributed by atoms with Crippen LogP contribution in [0.5, 0.6) is 0 Å². The minimum absolute atomic E-state index is 0. The Bertz CT molecular complexity index is 127. The van der Waals surface area contributed by atoms with Gasteiger partial charge in [-0.2, -0.15) is 15.6 Å². The van der Waals surface area contributed by atoms with E-state index in [1.54, 1.807) is 0 Å². The number of hydrogen-bond donors (Lipinski definition) is 0. The zero-order valence-electron chi connectivity index (χ0n) is 4.68. The molecule has 0 aliphatic heterocycles. The van der Waals surface area contributed by atoms with Gasteiger partial charge in [0.2, 0.25) is 0 Å². The van der Waals surface area contributed by atoms with Crippen molar-refractivity contribution in [2.75, 3.05) is 0 Å². The number of rotatable bonds is 0. The quantitative estimate of drug-likeness (QED) is 0.274. The van der Waals surface area contributed by atoms with E-state index in [-0.39, 0.29) is 73.7 Å². The van der Waals surface area contributed by atoms with Crippen LogP contribution in [0, 0.1) is 73.7 Å². The number of hydrogen-bond acceptors (Lipinski definition) is 8. The van der Waals surface area contributed by atoms with Crippen LogP contribution in [0.15, 0.2) is 0 Å².